The molecule has 0 bridgehead atoms. The van der Waals surface area contributed by atoms with Gasteiger partial charge in [0.05, 0.1) is 0 Å². The maximum absolute atomic E-state index is 6.52. The zero-order valence-electron chi connectivity index (χ0n) is 64.3. The van der Waals surface area contributed by atoms with Gasteiger partial charge in [-0.2, -0.15) is 0 Å². The van der Waals surface area contributed by atoms with Gasteiger partial charge in [-0.15, -0.1) is 0 Å². The largest absolute Gasteiger partial charge is 0.455 e. The smallest absolute Gasteiger partial charge is 0.143 e. The third-order valence-corrected chi connectivity index (χ3v) is 23.6. The first-order chi connectivity index (χ1) is 57.8. The number of anilines is 6. The average molecular weight is 1500 g/mol. The Balaban J connectivity index is 0.534. The second kappa shape index (κ2) is 28.4. The Labute approximate surface area is 676 Å². The Morgan fingerprint density at radius 3 is 0.641 bits per heavy atom. The van der Waals surface area contributed by atoms with Crippen LogP contribution in [0.15, 0.2) is 418 Å². The summed E-state index contributed by atoms with van der Waals surface area (Å²) in [6, 6.07) is 144. The van der Waals surface area contributed by atoms with Crippen molar-refractivity contribution >= 4 is 122 Å². The van der Waals surface area contributed by atoms with E-state index in [2.05, 4.69) is 375 Å². The Hall–Kier alpha value is -15.2. The van der Waals surface area contributed by atoms with Crippen LogP contribution in [0.25, 0.3) is 177 Å². The van der Waals surface area contributed by atoms with Crippen LogP contribution in [0.3, 0.4) is 0 Å². The van der Waals surface area contributed by atoms with Crippen molar-refractivity contribution in [2.45, 2.75) is 20.3 Å². The molecule has 0 aliphatic carbocycles. The van der Waals surface area contributed by atoms with Gasteiger partial charge in [0.25, 0.3) is 0 Å². The summed E-state index contributed by atoms with van der Waals surface area (Å²) in [6.07, 6.45) is 0.772. The standard InChI is InChI=1S/C111H74N2O4/c1-70-31-65-90(76-37-33-72(34-38-76)74-41-53-84(54-42-74)112(86-57-45-78(46-58-86)92-19-11-23-100-96-15-3-7-27-104(96)114-108(92)100)87-59-47-79(48-60-87)93-20-12-24-101-97-16-4-8-28-105(97)115-109(93)101)82(67-70)69-83-68-71(2)32-66-91(83)77-39-35-73(36-40-77)75-43-55-85(56-44-75)113(88-61-49-80(50-62-88)94-21-13-25-102-98-17-5-9-29-106(98)116-110(94)102)89-63-51-81(52-64-89)95-22-14-26-103-99-18-6-10-30-107(99)117-111(95)103/h3-68H,69H2,1-2H3. The lowest BCUT2D eigenvalue weighted by Crippen LogP contribution is -2.09. The minimum Gasteiger partial charge on any atom is -0.455 e. The fourth-order valence-corrected chi connectivity index (χ4v) is 17.7. The fraction of sp³-hybridized carbons (Fsp3) is 0.0270. The molecule has 22 rings (SSSR count). The molecular weight excluding hydrogens is 1430 g/mol. The molecule has 0 aliphatic rings. The quantitative estimate of drug-likeness (QED) is 0.0961. The average Bonchev–Trinajstić information content (AvgIpc) is 1.49. The van der Waals surface area contributed by atoms with Crippen molar-refractivity contribution in [3.63, 3.8) is 0 Å². The highest BCUT2D eigenvalue weighted by Gasteiger charge is 2.23. The fourth-order valence-electron chi connectivity index (χ4n) is 17.7. The lowest BCUT2D eigenvalue weighted by atomic mass is 9.88. The van der Waals surface area contributed by atoms with Crippen molar-refractivity contribution in [1.29, 1.82) is 0 Å². The molecule has 0 N–H and O–H groups in total. The minimum absolute atomic E-state index is 0.772. The number of benzene rings is 18. The van der Waals surface area contributed by atoms with Crippen molar-refractivity contribution < 1.29 is 17.7 Å². The van der Waals surface area contributed by atoms with Gasteiger partial charge in [0.1, 0.15) is 44.7 Å². The lowest BCUT2D eigenvalue weighted by molar-refractivity contribution is 0.669. The van der Waals surface area contributed by atoms with E-state index >= 15 is 0 Å². The van der Waals surface area contributed by atoms with Crippen LogP contribution >= 0.6 is 0 Å². The summed E-state index contributed by atoms with van der Waals surface area (Å²) in [5.74, 6) is 0. The molecule has 0 amide bonds. The molecule has 4 heterocycles. The van der Waals surface area contributed by atoms with Crippen LogP contribution in [0.1, 0.15) is 22.3 Å². The minimum atomic E-state index is 0.772. The summed E-state index contributed by atoms with van der Waals surface area (Å²) in [5, 5.41) is 8.93. The van der Waals surface area contributed by atoms with E-state index in [9.17, 15) is 0 Å². The molecule has 0 unspecified atom stereocenters. The molecule has 18 aromatic carbocycles. The second-order valence-corrected chi connectivity index (χ2v) is 30.7. The van der Waals surface area contributed by atoms with Crippen LogP contribution in [0.2, 0.25) is 0 Å². The van der Waals surface area contributed by atoms with Crippen LogP contribution in [0, 0.1) is 13.8 Å². The molecule has 0 atom stereocenters. The highest BCUT2D eigenvalue weighted by Crippen LogP contribution is 2.46. The first kappa shape index (κ1) is 68.6. The SMILES string of the molecule is Cc1ccc(-c2ccc(-c3ccc(N(c4ccc(-c5cccc6c5oc5ccccc56)cc4)c4ccc(-c5cccc6c5oc5ccccc56)cc4)cc3)cc2)c(Cc2cc(C)ccc2-c2ccc(-c3ccc(N(c4ccc(-c5cccc6c5oc5ccccc56)cc4)c4ccc(-c5cccc6c5oc5ccccc56)cc4)cc3)cc2)c1. The van der Waals surface area contributed by atoms with E-state index in [1.807, 2.05) is 48.5 Å². The predicted molar refractivity (Wildman–Crippen MR) is 487 cm³/mol. The number of aryl methyl sites for hydroxylation is 2. The van der Waals surface area contributed by atoms with E-state index in [0.717, 1.165) is 195 Å². The van der Waals surface area contributed by atoms with Crippen molar-refractivity contribution in [2.75, 3.05) is 9.80 Å². The Kier molecular flexibility index (Phi) is 16.7. The predicted octanol–water partition coefficient (Wildman–Crippen LogP) is 31.8. The topological polar surface area (TPSA) is 59.0 Å². The van der Waals surface area contributed by atoms with Crippen LogP contribution in [0.4, 0.5) is 34.1 Å². The monoisotopic (exact) mass is 1500 g/mol. The summed E-state index contributed by atoms with van der Waals surface area (Å²) >= 11 is 0. The van der Waals surface area contributed by atoms with Gasteiger partial charge in [0, 0.05) is 99.5 Å². The summed E-state index contributed by atoms with van der Waals surface area (Å²) in [6.45, 7) is 4.40. The van der Waals surface area contributed by atoms with Gasteiger partial charge in [-0.1, -0.05) is 314 Å². The highest BCUT2D eigenvalue weighted by atomic mass is 16.3. The lowest BCUT2D eigenvalue weighted by Gasteiger charge is -2.26. The van der Waals surface area contributed by atoms with E-state index in [1.165, 1.54) is 44.5 Å². The van der Waals surface area contributed by atoms with Gasteiger partial charge in [0.15, 0.2) is 0 Å². The van der Waals surface area contributed by atoms with Gasteiger partial charge >= 0.3 is 0 Å². The molecule has 0 fully saturated rings. The number of fused-ring (bicyclic) bond motifs is 12. The van der Waals surface area contributed by atoms with Gasteiger partial charge in [-0.3, -0.25) is 0 Å². The zero-order valence-corrected chi connectivity index (χ0v) is 64.3. The summed E-state index contributed by atoms with van der Waals surface area (Å²) in [7, 11) is 0. The van der Waals surface area contributed by atoms with Crippen molar-refractivity contribution in [2.24, 2.45) is 0 Å². The van der Waals surface area contributed by atoms with Crippen molar-refractivity contribution in [3.8, 4) is 89.0 Å². The molecule has 0 radical (unpaired) electrons. The van der Waals surface area contributed by atoms with Gasteiger partial charge in [-0.25, -0.2) is 0 Å². The molecule has 0 aliphatic heterocycles. The molecule has 552 valence electrons. The van der Waals surface area contributed by atoms with E-state index in [0.29, 0.717) is 0 Å². The van der Waals surface area contributed by atoms with Crippen LogP contribution in [-0.4, -0.2) is 0 Å². The van der Waals surface area contributed by atoms with Crippen LogP contribution in [0.5, 0.6) is 0 Å². The van der Waals surface area contributed by atoms with E-state index < -0.39 is 0 Å². The second-order valence-electron chi connectivity index (χ2n) is 30.7. The number of nitrogens with zero attached hydrogens (tertiary/aromatic N) is 2. The third-order valence-electron chi connectivity index (χ3n) is 23.6. The maximum Gasteiger partial charge on any atom is 0.143 e. The zero-order chi connectivity index (χ0) is 77.6. The van der Waals surface area contributed by atoms with Gasteiger partial charge in [-0.05, 0) is 195 Å². The number of hydrogen-bond donors (Lipinski definition) is 0. The number of rotatable bonds is 16. The summed E-state index contributed by atoms with van der Waals surface area (Å²) < 4.78 is 26.1. The highest BCUT2D eigenvalue weighted by molar-refractivity contribution is 6.13. The molecule has 117 heavy (non-hydrogen) atoms. The molecule has 0 saturated carbocycles. The molecule has 6 nitrogen and oxygen atoms in total. The maximum atomic E-state index is 6.52. The van der Waals surface area contributed by atoms with Crippen molar-refractivity contribution in [1.82, 2.24) is 0 Å². The van der Waals surface area contributed by atoms with E-state index in [4.69, 9.17) is 17.7 Å². The van der Waals surface area contributed by atoms with Crippen LogP contribution < -0.4 is 9.80 Å². The van der Waals surface area contributed by atoms with Gasteiger partial charge < -0.3 is 27.5 Å². The molecule has 6 heteroatoms. The Morgan fingerprint density at radius 2 is 0.385 bits per heavy atom. The normalized spacial score (nSPS) is 11.7. The number of furan rings is 4. The molecule has 0 spiro atoms. The molecular formula is C111H74N2O4. The third kappa shape index (κ3) is 12.3. The van der Waals surface area contributed by atoms with Gasteiger partial charge in [0.2, 0.25) is 0 Å². The van der Waals surface area contributed by atoms with E-state index in [-0.39, 0.29) is 0 Å². The number of para-hydroxylation sites is 8. The van der Waals surface area contributed by atoms with Crippen molar-refractivity contribution in [3.05, 3.63) is 423 Å². The Morgan fingerprint density at radius 1 is 0.179 bits per heavy atom. The first-order valence-corrected chi connectivity index (χ1v) is 40.0. The summed E-state index contributed by atoms with van der Waals surface area (Å²) in [4.78, 5) is 4.68. The van der Waals surface area contributed by atoms with Crippen LogP contribution in [-0.2, 0) is 6.42 Å². The first-order valence-electron chi connectivity index (χ1n) is 40.0. The molecule has 0 saturated heterocycles. The molecule has 22 aromatic rings. The van der Waals surface area contributed by atoms with E-state index in [1.54, 1.807) is 0 Å². The Bertz CT molecular complexity index is 6790. The number of hydrogen-bond acceptors (Lipinski definition) is 6. The summed E-state index contributed by atoms with van der Waals surface area (Å²) in [5.41, 5.74) is 36.4. The molecule has 4 aromatic heterocycles.